The van der Waals surface area contributed by atoms with Crippen molar-refractivity contribution in [2.75, 3.05) is 24.5 Å². The van der Waals surface area contributed by atoms with Crippen molar-refractivity contribution in [2.45, 2.75) is 37.1 Å². The van der Waals surface area contributed by atoms with E-state index in [0.717, 1.165) is 49.0 Å². The predicted molar refractivity (Wildman–Crippen MR) is 102 cm³/mol. The van der Waals surface area contributed by atoms with Crippen LogP contribution in [-0.2, 0) is 23.0 Å². The maximum Gasteiger partial charge on any atom is 0.243 e. The highest BCUT2D eigenvalue weighted by Crippen LogP contribution is 2.33. The van der Waals surface area contributed by atoms with E-state index >= 15 is 0 Å². The highest BCUT2D eigenvalue weighted by molar-refractivity contribution is 7.89. The fourth-order valence-corrected chi connectivity index (χ4v) is 5.47. The maximum atomic E-state index is 12.9. The van der Waals surface area contributed by atoms with Crippen LogP contribution < -0.4 is 4.90 Å². The van der Waals surface area contributed by atoms with Gasteiger partial charge in [-0.1, -0.05) is 18.6 Å². The topological polar surface area (TPSA) is 60.9 Å². The zero-order chi connectivity index (χ0) is 18.1. The van der Waals surface area contributed by atoms with Crippen LogP contribution in [0.3, 0.4) is 0 Å². The van der Waals surface area contributed by atoms with Crippen LogP contribution in [0.25, 0.3) is 0 Å². The fraction of sp³-hybridized carbons (Fsp3) is 0.400. The standard InChI is InChI=1S/C20H24N2O3S/c23-18-6-4-5-16(13-18)15-21-12-9-17-14-19(7-8-20(17)21)26(24,25)22-10-2-1-3-11-22/h4-8,13-14,23H,1-3,9-12,15H2. The molecule has 1 fully saturated rings. The zero-order valence-corrected chi connectivity index (χ0v) is 15.6. The van der Waals surface area contributed by atoms with Gasteiger partial charge in [-0.05, 0) is 60.7 Å². The first-order chi connectivity index (χ1) is 12.5. The SMILES string of the molecule is O=S(=O)(c1ccc2c(c1)CCN2Cc1cccc(O)c1)N1CCCCC1. The van der Waals surface area contributed by atoms with Crippen LogP contribution in [0.5, 0.6) is 5.75 Å². The summed E-state index contributed by atoms with van der Waals surface area (Å²) in [6, 6.07) is 12.8. The molecule has 0 unspecified atom stereocenters. The third-order valence-corrected chi connectivity index (χ3v) is 7.17. The van der Waals surface area contributed by atoms with Crippen molar-refractivity contribution in [2.24, 2.45) is 0 Å². The fourth-order valence-electron chi connectivity index (χ4n) is 3.90. The second-order valence-corrected chi connectivity index (χ2v) is 9.03. The number of aromatic hydroxyl groups is 1. The van der Waals surface area contributed by atoms with E-state index in [9.17, 15) is 13.5 Å². The summed E-state index contributed by atoms with van der Waals surface area (Å²) in [5.74, 6) is 0.268. The molecular formula is C20H24N2O3S. The van der Waals surface area contributed by atoms with E-state index in [-0.39, 0.29) is 5.75 Å². The molecule has 4 rings (SSSR count). The molecule has 0 atom stereocenters. The van der Waals surface area contributed by atoms with Crippen molar-refractivity contribution < 1.29 is 13.5 Å². The Morgan fingerprint density at radius 2 is 1.77 bits per heavy atom. The molecule has 0 amide bonds. The Morgan fingerprint density at radius 3 is 2.54 bits per heavy atom. The van der Waals surface area contributed by atoms with E-state index in [4.69, 9.17) is 0 Å². The molecule has 26 heavy (non-hydrogen) atoms. The normalized spacial score (nSPS) is 18.1. The molecule has 0 aromatic heterocycles. The Morgan fingerprint density at radius 1 is 0.962 bits per heavy atom. The van der Waals surface area contributed by atoms with Gasteiger partial charge in [-0.25, -0.2) is 8.42 Å². The highest BCUT2D eigenvalue weighted by Gasteiger charge is 2.28. The molecule has 138 valence electrons. The predicted octanol–water partition coefficient (Wildman–Crippen LogP) is 3.13. The molecule has 6 heteroatoms. The van der Waals surface area contributed by atoms with E-state index in [1.165, 1.54) is 0 Å². The molecule has 0 spiro atoms. The van der Waals surface area contributed by atoms with Crippen LogP contribution >= 0.6 is 0 Å². The lowest BCUT2D eigenvalue weighted by Gasteiger charge is -2.26. The summed E-state index contributed by atoms with van der Waals surface area (Å²) in [5, 5.41) is 9.64. The lowest BCUT2D eigenvalue weighted by Crippen LogP contribution is -2.35. The number of benzene rings is 2. The summed E-state index contributed by atoms with van der Waals surface area (Å²) < 4.78 is 27.4. The smallest absolute Gasteiger partial charge is 0.243 e. The van der Waals surface area contributed by atoms with Crippen LogP contribution in [0.2, 0.25) is 0 Å². The van der Waals surface area contributed by atoms with Crippen LogP contribution in [-0.4, -0.2) is 37.5 Å². The van der Waals surface area contributed by atoms with Gasteiger partial charge in [0.15, 0.2) is 0 Å². The summed E-state index contributed by atoms with van der Waals surface area (Å²) in [5.41, 5.74) is 3.22. The number of phenolic OH excluding ortho intramolecular Hbond substituents is 1. The van der Waals surface area contributed by atoms with E-state index in [2.05, 4.69) is 4.90 Å². The Hall–Kier alpha value is -2.05. The van der Waals surface area contributed by atoms with Crippen molar-refractivity contribution in [1.82, 2.24) is 4.31 Å². The number of sulfonamides is 1. The highest BCUT2D eigenvalue weighted by atomic mass is 32.2. The van der Waals surface area contributed by atoms with Gasteiger partial charge >= 0.3 is 0 Å². The first-order valence-corrected chi connectivity index (χ1v) is 10.6. The van der Waals surface area contributed by atoms with Gasteiger partial charge in [-0.15, -0.1) is 0 Å². The average molecular weight is 372 g/mol. The van der Waals surface area contributed by atoms with Gasteiger partial charge in [0.25, 0.3) is 0 Å². The largest absolute Gasteiger partial charge is 0.508 e. The van der Waals surface area contributed by atoms with Gasteiger partial charge in [-0.2, -0.15) is 4.31 Å². The first-order valence-electron chi connectivity index (χ1n) is 9.20. The molecule has 2 aliphatic rings. The Bertz CT molecular complexity index is 905. The number of anilines is 1. The summed E-state index contributed by atoms with van der Waals surface area (Å²) in [4.78, 5) is 2.65. The summed E-state index contributed by atoms with van der Waals surface area (Å²) in [6.45, 7) is 2.82. The van der Waals surface area contributed by atoms with Crippen molar-refractivity contribution >= 4 is 15.7 Å². The maximum absolute atomic E-state index is 12.9. The Labute approximate surface area is 154 Å². The second kappa shape index (κ2) is 6.93. The molecule has 1 N–H and O–H groups in total. The Kier molecular flexibility index (Phi) is 4.63. The van der Waals surface area contributed by atoms with E-state index < -0.39 is 10.0 Å². The van der Waals surface area contributed by atoms with Gasteiger partial charge in [-0.3, -0.25) is 0 Å². The van der Waals surface area contributed by atoms with Crippen molar-refractivity contribution in [3.05, 3.63) is 53.6 Å². The summed E-state index contributed by atoms with van der Waals surface area (Å²) >= 11 is 0. The average Bonchev–Trinajstić information content (AvgIpc) is 3.05. The van der Waals surface area contributed by atoms with Crippen LogP contribution in [0.15, 0.2) is 47.4 Å². The van der Waals surface area contributed by atoms with Crippen LogP contribution in [0.1, 0.15) is 30.4 Å². The quantitative estimate of drug-likeness (QED) is 0.896. The number of hydrogen-bond acceptors (Lipinski definition) is 4. The van der Waals surface area contributed by atoms with Gasteiger partial charge in [0.1, 0.15) is 5.75 Å². The van der Waals surface area contributed by atoms with Gasteiger partial charge in [0.2, 0.25) is 10.0 Å². The molecule has 2 aromatic carbocycles. The molecule has 0 saturated carbocycles. The minimum Gasteiger partial charge on any atom is -0.508 e. The number of nitrogens with zero attached hydrogens (tertiary/aromatic N) is 2. The number of phenols is 1. The van der Waals surface area contributed by atoms with Crippen LogP contribution in [0.4, 0.5) is 5.69 Å². The van der Waals surface area contributed by atoms with E-state index in [1.807, 2.05) is 24.3 Å². The van der Waals surface area contributed by atoms with Crippen molar-refractivity contribution in [1.29, 1.82) is 0 Å². The number of rotatable bonds is 4. The Balaban J connectivity index is 1.56. The number of fused-ring (bicyclic) bond motifs is 1. The van der Waals surface area contributed by atoms with Gasteiger partial charge < -0.3 is 10.0 Å². The van der Waals surface area contributed by atoms with E-state index in [0.29, 0.717) is 24.5 Å². The van der Waals surface area contributed by atoms with E-state index in [1.54, 1.807) is 22.5 Å². The monoisotopic (exact) mass is 372 g/mol. The minimum atomic E-state index is -3.38. The van der Waals surface area contributed by atoms with Crippen LogP contribution in [0, 0.1) is 0 Å². The molecular weight excluding hydrogens is 348 g/mol. The minimum absolute atomic E-state index is 0.268. The van der Waals surface area contributed by atoms with Crippen molar-refractivity contribution in [3.63, 3.8) is 0 Å². The molecule has 2 aliphatic heterocycles. The second-order valence-electron chi connectivity index (χ2n) is 7.10. The van der Waals surface area contributed by atoms with Gasteiger partial charge in [0, 0.05) is 31.9 Å². The summed E-state index contributed by atoms with van der Waals surface area (Å²) in [7, 11) is -3.38. The lowest BCUT2D eigenvalue weighted by molar-refractivity contribution is 0.346. The molecule has 0 bridgehead atoms. The molecule has 0 radical (unpaired) electrons. The molecule has 1 saturated heterocycles. The third-order valence-electron chi connectivity index (χ3n) is 5.28. The molecule has 5 nitrogen and oxygen atoms in total. The number of piperidine rings is 1. The first kappa shape index (κ1) is 17.4. The summed E-state index contributed by atoms with van der Waals surface area (Å²) in [6.07, 6.45) is 3.85. The molecule has 2 aromatic rings. The zero-order valence-electron chi connectivity index (χ0n) is 14.8. The van der Waals surface area contributed by atoms with Crippen molar-refractivity contribution in [3.8, 4) is 5.75 Å². The third kappa shape index (κ3) is 3.31. The lowest BCUT2D eigenvalue weighted by atomic mass is 10.1. The molecule has 2 heterocycles. The number of hydrogen-bond donors (Lipinski definition) is 1. The molecule has 0 aliphatic carbocycles. The van der Waals surface area contributed by atoms with Gasteiger partial charge in [0.05, 0.1) is 4.90 Å².